The van der Waals surface area contributed by atoms with Crippen LogP contribution in [0.15, 0.2) is 24.8 Å². The molecule has 0 saturated heterocycles. The predicted octanol–water partition coefficient (Wildman–Crippen LogP) is 7.21. The second-order valence-electron chi connectivity index (χ2n) is 5.66. The summed E-state index contributed by atoms with van der Waals surface area (Å²) in [6, 6.07) is 0. The van der Waals surface area contributed by atoms with Gasteiger partial charge >= 0.3 is 0 Å². The van der Waals surface area contributed by atoms with Gasteiger partial charge in [0.1, 0.15) is 0 Å². The molecule has 0 aliphatic rings. The molecule has 0 aliphatic heterocycles. The minimum absolute atomic E-state index is 1.20. The fraction of sp³-hybridized carbons (Fsp3) is 0.789. The highest BCUT2D eigenvalue weighted by atomic mass is 14.0. The first kappa shape index (κ1) is 18.5. The fourth-order valence-corrected chi connectivity index (χ4v) is 2.35. The van der Waals surface area contributed by atoms with Crippen molar-refractivity contribution in [3.8, 4) is 0 Å². The van der Waals surface area contributed by atoms with Crippen molar-refractivity contribution in [2.75, 3.05) is 0 Å². The Bertz CT molecular complexity index is 190. The van der Waals surface area contributed by atoms with Gasteiger partial charge in [0.15, 0.2) is 0 Å². The van der Waals surface area contributed by atoms with E-state index < -0.39 is 0 Å². The van der Waals surface area contributed by atoms with Crippen LogP contribution in [-0.4, -0.2) is 0 Å². The molecule has 112 valence electrons. The van der Waals surface area contributed by atoms with E-state index in [-0.39, 0.29) is 0 Å². The van der Waals surface area contributed by atoms with Crippen LogP contribution in [0.4, 0.5) is 0 Å². The standard InChI is InChI=1S/C19H36/c1-3-5-7-9-11-13-15-17-19-18-16-14-12-10-8-6-4-2/h3,10,12H,1,4-9,11,13-19H2,2H3/b12-10-. The lowest BCUT2D eigenvalue weighted by atomic mass is 10.1. The fourth-order valence-electron chi connectivity index (χ4n) is 2.35. The second-order valence-corrected chi connectivity index (χ2v) is 5.66. The lowest BCUT2D eigenvalue weighted by molar-refractivity contribution is 0.561. The zero-order valence-corrected chi connectivity index (χ0v) is 13.3. The summed E-state index contributed by atoms with van der Waals surface area (Å²) < 4.78 is 0. The largest absolute Gasteiger partial charge is 0.103 e. The van der Waals surface area contributed by atoms with Crippen LogP contribution in [0.25, 0.3) is 0 Å². The maximum atomic E-state index is 3.76. The van der Waals surface area contributed by atoms with Gasteiger partial charge in [0.2, 0.25) is 0 Å². The molecule has 0 N–H and O–H groups in total. The number of unbranched alkanes of at least 4 members (excludes halogenated alkanes) is 12. The van der Waals surface area contributed by atoms with E-state index in [4.69, 9.17) is 0 Å². The minimum atomic E-state index is 1.20. The summed E-state index contributed by atoms with van der Waals surface area (Å²) in [5.41, 5.74) is 0. The summed E-state index contributed by atoms with van der Waals surface area (Å²) in [5.74, 6) is 0. The molecule has 0 spiro atoms. The molecule has 0 heterocycles. The van der Waals surface area contributed by atoms with E-state index >= 15 is 0 Å². The Morgan fingerprint density at radius 1 is 0.579 bits per heavy atom. The van der Waals surface area contributed by atoms with E-state index in [1.165, 1.54) is 89.9 Å². The summed E-state index contributed by atoms with van der Waals surface area (Å²) in [6.07, 6.45) is 26.0. The van der Waals surface area contributed by atoms with Crippen LogP contribution in [0.2, 0.25) is 0 Å². The van der Waals surface area contributed by atoms with Crippen molar-refractivity contribution in [3.05, 3.63) is 24.8 Å². The SMILES string of the molecule is C=CCCCCCCCCCCC/C=C\CCCC. The molecule has 19 heavy (non-hydrogen) atoms. The number of hydrogen-bond acceptors (Lipinski definition) is 0. The van der Waals surface area contributed by atoms with Crippen LogP contribution < -0.4 is 0 Å². The first-order valence-corrected chi connectivity index (χ1v) is 8.67. The summed E-state index contributed by atoms with van der Waals surface area (Å²) in [7, 11) is 0. The van der Waals surface area contributed by atoms with E-state index in [9.17, 15) is 0 Å². The van der Waals surface area contributed by atoms with Gasteiger partial charge in [-0.25, -0.2) is 0 Å². The van der Waals surface area contributed by atoms with Gasteiger partial charge < -0.3 is 0 Å². The average Bonchev–Trinajstić information content (AvgIpc) is 2.43. The molecule has 0 rings (SSSR count). The molecule has 0 unspecified atom stereocenters. The molecular weight excluding hydrogens is 228 g/mol. The van der Waals surface area contributed by atoms with E-state index in [0.717, 1.165) is 0 Å². The predicted molar refractivity (Wildman–Crippen MR) is 89.6 cm³/mol. The van der Waals surface area contributed by atoms with E-state index in [0.29, 0.717) is 0 Å². The molecule has 0 nitrogen and oxygen atoms in total. The summed E-state index contributed by atoms with van der Waals surface area (Å²) >= 11 is 0. The molecule has 0 bridgehead atoms. The van der Waals surface area contributed by atoms with Gasteiger partial charge in [-0.15, -0.1) is 6.58 Å². The zero-order valence-electron chi connectivity index (χ0n) is 13.3. The van der Waals surface area contributed by atoms with Crippen LogP contribution in [0, 0.1) is 0 Å². The number of hydrogen-bond donors (Lipinski definition) is 0. The Morgan fingerprint density at radius 3 is 1.47 bits per heavy atom. The van der Waals surface area contributed by atoms with Crippen LogP contribution in [0.3, 0.4) is 0 Å². The topological polar surface area (TPSA) is 0 Å². The Kier molecular flexibility index (Phi) is 17.0. The molecular formula is C19H36. The summed E-state index contributed by atoms with van der Waals surface area (Å²) in [5, 5.41) is 0. The molecule has 0 aliphatic carbocycles. The van der Waals surface area contributed by atoms with Gasteiger partial charge in [-0.05, 0) is 32.1 Å². The molecule has 0 fully saturated rings. The van der Waals surface area contributed by atoms with Crippen LogP contribution in [0.5, 0.6) is 0 Å². The van der Waals surface area contributed by atoms with Crippen molar-refractivity contribution in [2.45, 2.75) is 96.8 Å². The van der Waals surface area contributed by atoms with Gasteiger partial charge in [0.25, 0.3) is 0 Å². The smallest absolute Gasteiger partial charge is 0.0351 e. The van der Waals surface area contributed by atoms with Gasteiger partial charge in [-0.1, -0.05) is 82.9 Å². The van der Waals surface area contributed by atoms with Crippen LogP contribution in [-0.2, 0) is 0 Å². The van der Waals surface area contributed by atoms with E-state index in [1.807, 2.05) is 6.08 Å². The van der Waals surface area contributed by atoms with Crippen molar-refractivity contribution in [1.29, 1.82) is 0 Å². The third-order valence-corrected chi connectivity index (χ3v) is 3.67. The Morgan fingerprint density at radius 2 is 1.00 bits per heavy atom. The maximum Gasteiger partial charge on any atom is -0.0351 e. The van der Waals surface area contributed by atoms with Gasteiger partial charge in [-0.2, -0.15) is 0 Å². The highest BCUT2D eigenvalue weighted by molar-refractivity contribution is 4.81. The monoisotopic (exact) mass is 264 g/mol. The van der Waals surface area contributed by atoms with E-state index in [2.05, 4.69) is 25.7 Å². The molecule has 0 atom stereocenters. The van der Waals surface area contributed by atoms with Gasteiger partial charge in [0.05, 0.1) is 0 Å². The average molecular weight is 264 g/mol. The second kappa shape index (κ2) is 17.5. The normalized spacial score (nSPS) is 11.2. The molecule has 0 heteroatoms. The Hall–Kier alpha value is -0.520. The van der Waals surface area contributed by atoms with E-state index in [1.54, 1.807) is 0 Å². The Balaban J connectivity index is 2.98. The molecule has 0 saturated carbocycles. The molecule has 0 aromatic carbocycles. The lowest BCUT2D eigenvalue weighted by Gasteiger charge is -2.01. The quantitative estimate of drug-likeness (QED) is 0.216. The molecule has 0 aromatic heterocycles. The zero-order chi connectivity index (χ0) is 14.0. The third-order valence-electron chi connectivity index (χ3n) is 3.67. The highest BCUT2D eigenvalue weighted by Gasteiger charge is 1.92. The van der Waals surface area contributed by atoms with Crippen molar-refractivity contribution in [2.24, 2.45) is 0 Å². The Labute approximate surface area is 122 Å². The molecule has 0 amide bonds. The first-order chi connectivity index (χ1) is 9.41. The van der Waals surface area contributed by atoms with Crippen LogP contribution in [0.1, 0.15) is 96.8 Å². The van der Waals surface area contributed by atoms with Gasteiger partial charge in [-0.3, -0.25) is 0 Å². The number of allylic oxidation sites excluding steroid dienone is 3. The lowest BCUT2D eigenvalue weighted by Crippen LogP contribution is -1.81. The summed E-state index contributed by atoms with van der Waals surface area (Å²) in [4.78, 5) is 0. The third kappa shape index (κ3) is 17.5. The molecule has 0 aromatic rings. The molecule has 0 radical (unpaired) electrons. The van der Waals surface area contributed by atoms with Crippen LogP contribution >= 0.6 is 0 Å². The minimum Gasteiger partial charge on any atom is -0.103 e. The van der Waals surface area contributed by atoms with Crippen molar-refractivity contribution in [1.82, 2.24) is 0 Å². The number of rotatable bonds is 15. The van der Waals surface area contributed by atoms with Crippen molar-refractivity contribution < 1.29 is 0 Å². The first-order valence-electron chi connectivity index (χ1n) is 8.67. The van der Waals surface area contributed by atoms with Gasteiger partial charge in [0, 0.05) is 0 Å². The highest BCUT2D eigenvalue weighted by Crippen LogP contribution is 2.11. The van der Waals surface area contributed by atoms with Crippen molar-refractivity contribution >= 4 is 0 Å². The maximum absolute atomic E-state index is 3.76. The summed E-state index contributed by atoms with van der Waals surface area (Å²) in [6.45, 7) is 6.02. The van der Waals surface area contributed by atoms with Crippen molar-refractivity contribution in [3.63, 3.8) is 0 Å².